The van der Waals surface area contributed by atoms with Crippen molar-refractivity contribution in [2.75, 3.05) is 53.7 Å². The van der Waals surface area contributed by atoms with Crippen LogP contribution in [-0.4, -0.2) is 76.8 Å². The van der Waals surface area contributed by atoms with Crippen LogP contribution in [0.5, 0.6) is 0 Å². The summed E-state index contributed by atoms with van der Waals surface area (Å²) in [5, 5.41) is 23.3. The van der Waals surface area contributed by atoms with Gasteiger partial charge in [0.1, 0.15) is 6.17 Å². The molecule has 2 saturated heterocycles. The standard InChI is InChI=1S/C21H24FN9O2S/c1-33-17(13-3-2-4-16(9-13)31-10-14(22)11-31)18(32)26-21-29-28-20(34-21)25-15-5-8-30(12-15)19-23-6-7-24-27-19/h2-4,6-7,9,14-15,17H,5,8,10-12H2,1H3,(H,25,28)(H,26,29,32)/t15-,17+/m1/s1. The predicted octanol–water partition coefficient (Wildman–Crippen LogP) is 1.90. The summed E-state index contributed by atoms with van der Waals surface area (Å²) < 4.78 is 18.7. The molecule has 1 amide bonds. The Morgan fingerprint density at radius 1 is 1.18 bits per heavy atom. The first-order valence-electron chi connectivity index (χ1n) is 10.9. The number of rotatable bonds is 8. The molecule has 2 aromatic heterocycles. The Hall–Kier alpha value is -3.45. The van der Waals surface area contributed by atoms with E-state index in [1.54, 1.807) is 12.4 Å². The smallest absolute Gasteiger partial charge is 0.259 e. The Kier molecular flexibility index (Phi) is 6.45. The van der Waals surface area contributed by atoms with E-state index in [1.165, 1.54) is 18.4 Å². The predicted molar refractivity (Wildman–Crippen MR) is 126 cm³/mol. The number of anilines is 4. The van der Waals surface area contributed by atoms with Crippen molar-refractivity contribution in [3.8, 4) is 0 Å². The van der Waals surface area contributed by atoms with Gasteiger partial charge in [-0.2, -0.15) is 5.10 Å². The number of hydrogen-bond acceptors (Lipinski definition) is 11. The highest BCUT2D eigenvalue weighted by Crippen LogP contribution is 2.29. The Bertz CT molecular complexity index is 1130. The maximum absolute atomic E-state index is 13.2. The van der Waals surface area contributed by atoms with Crippen molar-refractivity contribution in [2.45, 2.75) is 24.7 Å². The average Bonchev–Trinajstić information content (AvgIpc) is 3.48. The molecule has 2 aliphatic heterocycles. The molecule has 0 unspecified atom stereocenters. The van der Waals surface area contributed by atoms with E-state index in [9.17, 15) is 9.18 Å². The second-order valence-electron chi connectivity index (χ2n) is 8.13. The third-order valence-electron chi connectivity index (χ3n) is 5.77. The van der Waals surface area contributed by atoms with E-state index in [2.05, 4.69) is 40.9 Å². The van der Waals surface area contributed by atoms with Gasteiger partial charge in [-0.25, -0.2) is 9.37 Å². The van der Waals surface area contributed by atoms with Crippen molar-refractivity contribution in [1.29, 1.82) is 0 Å². The van der Waals surface area contributed by atoms with Gasteiger partial charge in [0.2, 0.25) is 16.2 Å². The average molecular weight is 486 g/mol. The van der Waals surface area contributed by atoms with Gasteiger partial charge in [-0.05, 0) is 24.1 Å². The van der Waals surface area contributed by atoms with Gasteiger partial charge in [-0.1, -0.05) is 23.5 Å². The van der Waals surface area contributed by atoms with Crippen LogP contribution in [0, 0.1) is 0 Å². The summed E-state index contributed by atoms with van der Waals surface area (Å²) in [7, 11) is 1.48. The van der Waals surface area contributed by atoms with Crippen LogP contribution in [0.2, 0.25) is 0 Å². The number of methoxy groups -OCH3 is 1. The monoisotopic (exact) mass is 485 g/mol. The highest BCUT2D eigenvalue weighted by atomic mass is 32.1. The zero-order chi connectivity index (χ0) is 23.5. The zero-order valence-corrected chi connectivity index (χ0v) is 19.3. The number of amides is 1. The first-order chi connectivity index (χ1) is 16.6. The summed E-state index contributed by atoms with van der Waals surface area (Å²) in [5.41, 5.74) is 1.55. The second-order valence-corrected chi connectivity index (χ2v) is 9.11. The van der Waals surface area contributed by atoms with Crippen LogP contribution in [0.4, 0.5) is 26.3 Å². The molecule has 34 heavy (non-hydrogen) atoms. The van der Waals surface area contributed by atoms with Gasteiger partial charge >= 0.3 is 0 Å². The molecular formula is C21H24FN9O2S. The van der Waals surface area contributed by atoms with Crippen LogP contribution >= 0.6 is 11.3 Å². The Balaban J connectivity index is 1.18. The van der Waals surface area contributed by atoms with Crippen molar-refractivity contribution in [3.05, 3.63) is 42.2 Å². The number of nitrogens with one attached hydrogen (secondary N) is 2. The summed E-state index contributed by atoms with van der Waals surface area (Å²) in [6.07, 6.45) is 2.43. The third kappa shape index (κ3) is 4.89. The molecule has 4 heterocycles. The van der Waals surface area contributed by atoms with Crippen LogP contribution < -0.4 is 20.4 Å². The summed E-state index contributed by atoms with van der Waals surface area (Å²) >= 11 is 1.26. The van der Waals surface area contributed by atoms with Gasteiger partial charge in [0.05, 0.1) is 25.5 Å². The van der Waals surface area contributed by atoms with Gasteiger partial charge < -0.3 is 19.9 Å². The fourth-order valence-electron chi connectivity index (χ4n) is 4.04. The topological polar surface area (TPSA) is 121 Å². The summed E-state index contributed by atoms with van der Waals surface area (Å²) in [4.78, 5) is 21.1. The highest BCUT2D eigenvalue weighted by Gasteiger charge is 2.29. The highest BCUT2D eigenvalue weighted by molar-refractivity contribution is 7.19. The number of carbonyl (C=O) groups is 1. The van der Waals surface area contributed by atoms with Gasteiger partial charge in [0, 0.05) is 31.9 Å². The molecule has 0 aliphatic carbocycles. The van der Waals surface area contributed by atoms with Gasteiger partial charge in [0.15, 0.2) is 6.10 Å². The van der Waals surface area contributed by atoms with E-state index in [0.29, 0.717) is 34.9 Å². The minimum absolute atomic E-state index is 0.153. The van der Waals surface area contributed by atoms with Gasteiger partial charge in [-0.3, -0.25) is 10.1 Å². The van der Waals surface area contributed by atoms with Crippen LogP contribution in [0.3, 0.4) is 0 Å². The molecule has 13 heteroatoms. The Labute approximate surface area is 199 Å². The van der Waals surface area contributed by atoms with Gasteiger partial charge in [0.25, 0.3) is 5.91 Å². The van der Waals surface area contributed by atoms with E-state index >= 15 is 0 Å². The van der Waals surface area contributed by atoms with Crippen molar-refractivity contribution >= 4 is 39.1 Å². The number of ether oxygens (including phenoxy) is 1. The molecule has 0 spiro atoms. The lowest BCUT2D eigenvalue weighted by Crippen LogP contribution is -2.48. The molecule has 178 valence electrons. The number of carbonyl (C=O) groups excluding carboxylic acids is 1. The van der Waals surface area contributed by atoms with Crippen molar-refractivity contribution in [3.63, 3.8) is 0 Å². The third-order valence-corrected chi connectivity index (χ3v) is 6.54. The minimum Gasteiger partial charge on any atom is -0.367 e. The number of benzene rings is 1. The maximum Gasteiger partial charge on any atom is 0.259 e. The number of alkyl halides is 1. The van der Waals surface area contributed by atoms with E-state index in [-0.39, 0.29) is 11.9 Å². The largest absolute Gasteiger partial charge is 0.367 e. The quantitative estimate of drug-likeness (QED) is 0.489. The lowest BCUT2D eigenvalue weighted by molar-refractivity contribution is -0.126. The molecule has 2 fully saturated rings. The van der Waals surface area contributed by atoms with Crippen LogP contribution in [-0.2, 0) is 9.53 Å². The van der Waals surface area contributed by atoms with E-state index in [1.807, 2.05) is 29.2 Å². The number of aromatic nitrogens is 5. The van der Waals surface area contributed by atoms with Crippen molar-refractivity contribution < 1.29 is 13.9 Å². The van der Waals surface area contributed by atoms with Crippen LogP contribution in [0.25, 0.3) is 0 Å². The SMILES string of the molecule is CO[C@H](C(=O)Nc1nnc(N[C@@H]2CCN(c3nccnn3)C2)s1)c1cccc(N2CC(F)C2)c1. The lowest BCUT2D eigenvalue weighted by atomic mass is 10.1. The van der Waals surface area contributed by atoms with Crippen molar-refractivity contribution in [1.82, 2.24) is 25.4 Å². The number of halogens is 1. The Morgan fingerprint density at radius 3 is 2.79 bits per heavy atom. The number of nitrogens with zero attached hydrogens (tertiary/aromatic N) is 7. The molecule has 0 radical (unpaired) electrons. The van der Waals surface area contributed by atoms with E-state index in [4.69, 9.17) is 4.74 Å². The number of hydrogen-bond donors (Lipinski definition) is 2. The normalized spacial score (nSPS) is 19.1. The first-order valence-corrected chi connectivity index (χ1v) is 11.7. The first kappa shape index (κ1) is 22.3. The molecule has 2 N–H and O–H groups in total. The van der Waals surface area contributed by atoms with Crippen LogP contribution in [0.1, 0.15) is 18.1 Å². The molecular weight excluding hydrogens is 461 g/mol. The molecule has 11 nitrogen and oxygen atoms in total. The van der Waals surface area contributed by atoms with E-state index in [0.717, 1.165) is 25.2 Å². The minimum atomic E-state index is -0.828. The summed E-state index contributed by atoms with van der Waals surface area (Å²) in [6.45, 7) is 2.25. The molecule has 0 bridgehead atoms. The fraction of sp³-hybridized carbons (Fsp3) is 0.429. The van der Waals surface area contributed by atoms with Crippen LogP contribution in [0.15, 0.2) is 36.7 Å². The lowest BCUT2D eigenvalue weighted by Gasteiger charge is -2.36. The molecule has 1 aromatic carbocycles. The summed E-state index contributed by atoms with van der Waals surface area (Å²) in [5.74, 6) is 0.250. The molecule has 2 aliphatic rings. The zero-order valence-electron chi connectivity index (χ0n) is 18.5. The molecule has 2 atom stereocenters. The molecule has 3 aromatic rings. The Morgan fingerprint density at radius 2 is 2.03 bits per heavy atom. The van der Waals surface area contributed by atoms with Crippen molar-refractivity contribution in [2.24, 2.45) is 0 Å². The molecule has 5 rings (SSSR count). The second kappa shape index (κ2) is 9.81. The van der Waals surface area contributed by atoms with E-state index < -0.39 is 12.3 Å². The maximum atomic E-state index is 13.2. The fourth-order valence-corrected chi connectivity index (χ4v) is 4.76. The summed E-state index contributed by atoms with van der Waals surface area (Å²) in [6, 6.07) is 7.55. The van der Waals surface area contributed by atoms with Gasteiger partial charge in [-0.15, -0.1) is 15.3 Å². The molecule has 0 saturated carbocycles.